The van der Waals surface area contributed by atoms with Crippen LogP contribution in [0.1, 0.15) is 16.5 Å². The minimum atomic E-state index is -0.586. The zero-order chi connectivity index (χ0) is 19.6. The van der Waals surface area contributed by atoms with Crippen LogP contribution >= 0.6 is 34.5 Å². The summed E-state index contributed by atoms with van der Waals surface area (Å²) in [5.41, 5.74) is 21.5. The first-order valence-electron chi connectivity index (χ1n) is 7.80. The Bertz CT molecular complexity index is 1060. The number of aromatic nitrogens is 1. The fourth-order valence-corrected chi connectivity index (χ4v) is 4.58. The van der Waals surface area contributed by atoms with E-state index >= 15 is 0 Å². The summed E-state index contributed by atoms with van der Waals surface area (Å²) >= 11 is 13.8. The van der Waals surface area contributed by atoms with Crippen LogP contribution in [0.3, 0.4) is 0 Å². The van der Waals surface area contributed by atoms with Crippen molar-refractivity contribution in [3.05, 3.63) is 57.0 Å². The number of anilines is 1. The summed E-state index contributed by atoms with van der Waals surface area (Å²) in [6.45, 7) is 0.130. The lowest BCUT2D eigenvalue weighted by Crippen LogP contribution is -2.09. The predicted octanol–water partition coefficient (Wildman–Crippen LogP) is 5.27. The average Bonchev–Trinajstić information content (AvgIpc) is 3.02. The second-order valence-electron chi connectivity index (χ2n) is 5.63. The number of rotatable bonds is 5. The van der Waals surface area contributed by atoms with Gasteiger partial charge in [0, 0.05) is 38.8 Å². The van der Waals surface area contributed by atoms with Crippen molar-refractivity contribution in [2.45, 2.75) is 6.04 Å². The van der Waals surface area contributed by atoms with E-state index in [1.54, 1.807) is 36.5 Å². The van der Waals surface area contributed by atoms with E-state index in [-0.39, 0.29) is 6.54 Å². The van der Waals surface area contributed by atoms with Gasteiger partial charge in [-0.15, -0.1) is 11.3 Å². The molecular weight excluding hydrogens is 403 g/mol. The summed E-state index contributed by atoms with van der Waals surface area (Å²) in [4.78, 5) is 5.39. The maximum absolute atomic E-state index is 9.91. The van der Waals surface area contributed by atoms with Gasteiger partial charge in [-0.2, -0.15) is 10.4 Å². The zero-order valence-electron chi connectivity index (χ0n) is 13.9. The number of nitrogen functional groups attached to an aromatic ring is 1. The number of thiophene rings is 1. The number of nitrogens with two attached hydrogens (primary N) is 2. The van der Waals surface area contributed by atoms with Gasteiger partial charge in [0.1, 0.15) is 17.9 Å². The van der Waals surface area contributed by atoms with E-state index in [0.717, 1.165) is 5.56 Å². The van der Waals surface area contributed by atoms with Gasteiger partial charge in [0.05, 0.1) is 10.4 Å². The third-order valence-corrected chi connectivity index (χ3v) is 5.86. The van der Waals surface area contributed by atoms with Crippen LogP contribution in [0.15, 0.2) is 41.6 Å². The van der Waals surface area contributed by atoms with E-state index in [9.17, 15) is 5.26 Å². The predicted molar refractivity (Wildman–Crippen MR) is 109 cm³/mol. The maximum Gasteiger partial charge on any atom is 0.123 e. The molecule has 0 fully saturated rings. The molecule has 1 aromatic carbocycles. The van der Waals surface area contributed by atoms with Gasteiger partial charge >= 0.3 is 0 Å². The van der Waals surface area contributed by atoms with Crippen molar-refractivity contribution in [3.8, 4) is 27.6 Å². The number of benzene rings is 1. The molecule has 2 heterocycles. The monoisotopic (exact) mass is 416 g/mol. The number of halogens is 2. The third-order valence-electron chi connectivity index (χ3n) is 3.97. The Morgan fingerprint density at radius 1 is 1.30 bits per heavy atom. The molecule has 0 saturated heterocycles. The van der Waals surface area contributed by atoms with Crippen molar-refractivity contribution < 1.29 is 0 Å². The minimum Gasteiger partial charge on any atom is -0.384 e. The molecule has 0 amide bonds. The molecule has 0 aliphatic carbocycles. The summed E-state index contributed by atoms with van der Waals surface area (Å²) < 4.78 is 0. The van der Waals surface area contributed by atoms with E-state index < -0.39 is 6.04 Å². The molecule has 0 saturated carbocycles. The first-order chi connectivity index (χ1) is 13.0. The molecule has 0 aliphatic rings. The largest absolute Gasteiger partial charge is 0.384 e. The molecule has 9 heteroatoms. The normalized spacial score (nSPS) is 11.8. The summed E-state index contributed by atoms with van der Waals surface area (Å²) in [5.74, 6) is 0.345. The molecule has 5 N–H and O–H groups in total. The van der Waals surface area contributed by atoms with Crippen LogP contribution in [0.2, 0.25) is 10.0 Å². The number of pyridine rings is 1. The van der Waals surface area contributed by atoms with E-state index in [2.05, 4.69) is 16.2 Å². The van der Waals surface area contributed by atoms with Crippen molar-refractivity contribution in [3.63, 3.8) is 0 Å². The van der Waals surface area contributed by atoms with Crippen molar-refractivity contribution in [1.29, 1.82) is 10.8 Å². The first-order valence-corrected chi connectivity index (χ1v) is 9.38. The van der Waals surface area contributed by atoms with Gasteiger partial charge in [0.2, 0.25) is 0 Å². The Labute approximate surface area is 169 Å². The van der Waals surface area contributed by atoms with E-state index in [0.29, 0.717) is 42.3 Å². The average molecular weight is 417 g/mol. The fraction of sp³-hybridized carbons (Fsp3) is 0.111. The summed E-state index contributed by atoms with van der Waals surface area (Å²) in [6, 6.07) is 10.2. The van der Waals surface area contributed by atoms with E-state index in [4.69, 9.17) is 40.2 Å². The van der Waals surface area contributed by atoms with Crippen molar-refractivity contribution in [1.82, 2.24) is 4.98 Å². The van der Waals surface area contributed by atoms with Gasteiger partial charge < -0.3 is 11.5 Å². The number of hydrogen-bond donors (Lipinski definition) is 3. The van der Waals surface area contributed by atoms with E-state index in [1.165, 1.54) is 11.3 Å². The molecule has 0 bridgehead atoms. The topological polar surface area (TPSA) is 125 Å². The van der Waals surface area contributed by atoms with Gasteiger partial charge in [0.15, 0.2) is 0 Å². The second kappa shape index (κ2) is 8.03. The van der Waals surface area contributed by atoms with Crippen LogP contribution in [0.4, 0.5) is 5.82 Å². The zero-order valence-corrected chi connectivity index (χ0v) is 16.2. The molecule has 0 aliphatic heterocycles. The number of hydrogen-bond acceptors (Lipinski definition) is 7. The molecular formula is C18H14Cl2N6S. The molecule has 2 aromatic heterocycles. The lowest BCUT2D eigenvalue weighted by molar-refractivity contribution is 0.689. The van der Waals surface area contributed by atoms with Crippen molar-refractivity contribution in [2.75, 3.05) is 12.3 Å². The number of nitriles is 1. The highest BCUT2D eigenvalue weighted by Crippen LogP contribution is 2.47. The summed E-state index contributed by atoms with van der Waals surface area (Å²) in [7, 11) is 0. The number of nitrogens with zero attached hydrogens (tertiary/aromatic N) is 3. The lowest BCUT2D eigenvalue weighted by atomic mass is 9.96. The van der Waals surface area contributed by atoms with Crippen LogP contribution in [0.5, 0.6) is 0 Å². The highest BCUT2D eigenvalue weighted by Gasteiger charge is 2.26. The highest BCUT2D eigenvalue weighted by molar-refractivity contribution is 7.16. The SMILES string of the molecule is N#Cc1c(-c2ccnc(N)c2)sc(C(CN)N=N)c1-c1ccc(Cl)cc1Cl. The molecule has 1 unspecified atom stereocenters. The van der Waals surface area contributed by atoms with E-state index in [1.807, 2.05) is 0 Å². The van der Waals surface area contributed by atoms with Gasteiger partial charge in [-0.05, 0) is 29.8 Å². The smallest absolute Gasteiger partial charge is 0.123 e. The van der Waals surface area contributed by atoms with Gasteiger partial charge in [-0.1, -0.05) is 29.3 Å². The van der Waals surface area contributed by atoms with Crippen LogP contribution in [0.25, 0.3) is 21.6 Å². The molecule has 0 spiro atoms. The standard InChI is InChI=1S/C18H14Cl2N6S/c19-10-1-2-11(13(20)6-10)16-12(7-21)17(9-3-4-25-15(23)5-9)27-18(16)14(8-22)26-24/h1-6,14,24H,8,22H2,(H2,23,25). The molecule has 3 rings (SSSR count). The van der Waals surface area contributed by atoms with Crippen LogP contribution in [0, 0.1) is 16.9 Å². The Balaban J connectivity index is 2.36. The Kier molecular flexibility index (Phi) is 5.73. The third kappa shape index (κ3) is 3.66. The Morgan fingerprint density at radius 2 is 2.07 bits per heavy atom. The fourth-order valence-electron chi connectivity index (χ4n) is 2.76. The highest BCUT2D eigenvalue weighted by atomic mass is 35.5. The summed E-state index contributed by atoms with van der Waals surface area (Å²) in [6.07, 6.45) is 1.58. The van der Waals surface area contributed by atoms with Crippen molar-refractivity contribution >= 4 is 40.4 Å². The van der Waals surface area contributed by atoms with Gasteiger partial charge in [0.25, 0.3) is 0 Å². The van der Waals surface area contributed by atoms with Gasteiger partial charge in [-0.25, -0.2) is 10.5 Å². The first kappa shape index (κ1) is 19.3. The molecule has 136 valence electrons. The van der Waals surface area contributed by atoms with Crippen LogP contribution in [-0.4, -0.2) is 11.5 Å². The maximum atomic E-state index is 9.91. The van der Waals surface area contributed by atoms with Crippen molar-refractivity contribution in [2.24, 2.45) is 10.8 Å². The second-order valence-corrected chi connectivity index (χ2v) is 7.53. The Morgan fingerprint density at radius 3 is 2.67 bits per heavy atom. The lowest BCUT2D eigenvalue weighted by Gasteiger charge is -2.11. The molecule has 3 aromatic rings. The van der Waals surface area contributed by atoms with Gasteiger partial charge in [-0.3, -0.25) is 0 Å². The number of nitrogens with one attached hydrogen (secondary N) is 1. The molecule has 1 atom stereocenters. The van der Waals surface area contributed by atoms with Crippen LogP contribution in [-0.2, 0) is 0 Å². The Hall–Kier alpha value is -2.50. The molecule has 6 nitrogen and oxygen atoms in total. The van der Waals surface area contributed by atoms with Crippen LogP contribution < -0.4 is 11.5 Å². The quantitative estimate of drug-likeness (QED) is 0.489. The molecule has 0 radical (unpaired) electrons. The molecule has 27 heavy (non-hydrogen) atoms. The summed E-state index contributed by atoms with van der Waals surface area (Å²) in [5, 5.41) is 14.4. The minimum absolute atomic E-state index is 0.130.